The maximum absolute atomic E-state index is 11.0. The Morgan fingerprint density at radius 1 is 1.50 bits per heavy atom. The van der Waals surface area contributed by atoms with Gasteiger partial charge < -0.3 is 14.8 Å². The van der Waals surface area contributed by atoms with Crippen molar-refractivity contribution in [1.82, 2.24) is 5.32 Å². The maximum atomic E-state index is 11.0. The Hall–Kier alpha value is -0.900. The predicted octanol–water partition coefficient (Wildman–Crippen LogP) is 0.649. The monoisotopic (exact) mass is 199 g/mol. The Kier molecular flexibility index (Phi) is 3.63. The van der Waals surface area contributed by atoms with Crippen LogP contribution in [0.4, 0.5) is 0 Å². The van der Waals surface area contributed by atoms with Crippen molar-refractivity contribution in [3.63, 3.8) is 0 Å². The third-order valence-electron chi connectivity index (χ3n) is 2.81. The molecule has 14 heavy (non-hydrogen) atoms. The smallest absolute Gasteiger partial charge is 0.217 e. The number of ether oxygens (including phenoxy) is 1. The lowest BCUT2D eigenvalue weighted by Crippen LogP contribution is -2.52. The molecule has 1 saturated carbocycles. The number of rotatable bonds is 3. The van der Waals surface area contributed by atoms with Crippen LogP contribution in [0.1, 0.15) is 32.6 Å². The summed E-state index contributed by atoms with van der Waals surface area (Å²) in [4.78, 5) is 21.9. The molecule has 4 nitrogen and oxygen atoms in total. The summed E-state index contributed by atoms with van der Waals surface area (Å²) in [6.07, 6.45) is 4.10. The predicted molar refractivity (Wildman–Crippen MR) is 51.9 cm³/mol. The molecule has 0 saturated heterocycles. The van der Waals surface area contributed by atoms with Gasteiger partial charge in [-0.3, -0.25) is 4.79 Å². The molecular weight excluding hydrogens is 182 g/mol. The van der Waals surface area contributed by atoms with Gasteiger partial charge in [0.05, 0.1) is 11.6 Å². The molecule has 1 aliphatic rings. The molecule has 0 radical (unpaired) electrons. The first kappa shape index (κ1) is 11.2. The van der Waals surface area contributed by atoms with Crippen molar-refractivity contribution < 1.29 is 14.3 Å². The average Bonchev–Trinajstić information content (AvgIpc) is 2.18. The van der Waals surface area contributed by atoms with Crippen LogP contribution < -0.4 is 5.32 Å². The minimum Gasteiger partial charge on any atom is -0.381 e. The number of amides is 1. The number of carbonyl (C=O) groups excluding carboxylic acids is 2. The van der Waals surface area contributed by atoms with Gasteiger partial charge in [0, 0.05) is 14.0 Å². The van der Waals surface area contributed by atoms with Crippen LogP contribution in [0.15, 0.2) is 0 Å². The maximum Gasteiger partial charge on any atom is 0.217 e. The molecule has 1 aliphatic carbocycles. The first-order valence-corrected chi connectivity index (χ1v) is 4.90. The number of methoxy groups -OCH3 is 1. The van der Waals surface area contributed by atoms with Crippen LogP contribution in [-0.4, -0.2) is 30.9 Å². The van der Waals surface area contributed by atoms with Crippen molar-refractivity contribution in [3.8, 4) is 0 Å². The molecule has 0 heterocycles. The fraction of sp³-hybridized carbons (Fsp3) is 0.800. The Morgan fingerprint density at radius 3 is 2.43 bits per heavy atom. The summed E-state index contributed by atoms with van der Waals surface area (Å²) in [5.41, 5.74) is -0.638. The van der Waals surface area contributed by atoms with Crippen LogP contribution in [-0.2, 0) is 14.3 Å². The number of nitrogens with one attached hydrogen (secondary N) is 1. The third-order valence-corrected chi connectivity index (χ3v) is 2.81. The van der Waals surface area contributed by atoms with Crippen LogP contribution in [0, 0.1) is 0 Å². The third kappa shape index (κ3) is 2.54. The molecule has 0 spiro atoms. The van der Waals surface area contributed by atoms with Crippen molar-refractivity contribution in [1.29, 1.82) is 0 Å². The van der Waals surface area contributed by atoms with Crippen molar-refractivity contribution in [3.05, 3.63) is 0 Å². The van der Waals surface area contributed by atoms with E-state index in [-0.39, 0.29) is 12.0 Å². The topological polar surface area (TPSA) is 55.4 Å². The quantitative estimate of drug-likeness (QED) is 0.679. The number of hydrogen-bond acceptors (Lipinski definition) is 3. The molecule has 0 unspecified atom stereocenters. The van der Waals surface area contributed by atoms with E-state index in [1.807, 2.05) is 0 Å². The minimum atomic E-state index is -0.638. The van der Waals surface area contributed by atoms with Gasteiger partial charge >= 0.3 is 0 Å². The molecule has 80 valence electrons. The van der Waals surface area contributed by atoms with E-state index in [1.54, 1.807) is 7.11 Å². The van der Waals surface area contributed by atoms with E-state index in [4.69, 9.17) is 4.74 Å². The van der Waals surface area contributed by atoms with Gasteiger partial charge in [-0.05, 0) is 25.7 Å². The average molecular weight is 199 g/mol. The van der Waals surface area contributed by atoms with Gasteiger partial charge in [-0.2, -0.15) is 0 Å². The van der Waals surface area contributed by atoms with Crippen molar-refractivity contribution >= 4 is 12.2 Å². The SMILES string of the molecule is COC1CCC(C=O)(NC(C)=O)CC1. The van der Waals surface area contributed by atoms with Gasteiger partial charge in [-0.1, -0.05) is 0 Å². The second-order valence-corrected chi connectivity index (χ2v) is 3.89. The zero-order valence-corrected chi connectivity index (χ0v) is 8.71. The zero-order chi connectivity index (χ0) is 10.6. The summed E-state index contributed by atoms with van der Waals surface area (Å²) < 4.78 is 5.21. The van der Waals surface area contributed by atoms with Crippen LogP contribution in [0.5, 0.6) is 0 Å². The van der Waals surface area contributed by atoms with Crippen LogP contribution in [0.2, 0.25) is 0 Å². The van der Waals surface area contributed by atoms with Gasteiger partial charge in [-0.15, -0.1) is 0 Å². The van der Waals surface area contributed by atoms with Gasteiger partial charge in [0.2, 0.25) is 5.91 Å². The van der Waals surface area contributed by atoms with Gasteiger partial charge in [0.1, 0.15) is 6.29 Å². The highest BCUT2D eigenvalue weighted by Crippen LogP contribution is 2.28. The normalized spacial score (nSPS) is 32.3. The summed E-state index contributed by atoms with van der Waals surface area (Å²) in [5, 5.41) is 2.73. The molecule has 0 bridgehead atoms. The molecule has 0 aromatic heterocycles. The Morgan fingerprint density at radius 2 is 2.07 bits per heavy atom. The zero-order valence-electron chi connectivity index (χ0n) is 8.71. The lowest BCUT2D eigenvalue weighted by Gasteiger charge is -2.35. The molecule has 4 heteroatoms. The van der Waals surface area contributed by atoms with E-state index in [9.17, 15) is 9.59 Å². The van der Waals surface area contributed by atoms with Crippen LogP contribution in [0.25, 0.3) is 0 Å². The molecule has 0 atom stereocenters. The fourth-order valence-electron chi connectivity index (χ4n) is 1.97. The molecule has 0 aromatic rings. The largest absolute Gasteiger partial charge is 0.381 e. The number of hydrogen-bond donors (Lipinski definition) is 1. The van der Waals surface area contributed by atoms with Gasteiger partial charge in [-0.25, -0.2) is 0 Å². The second kappa shape index (κ2) is 4.55. The van der Waals surface area contributed by atoms with Crippen LogP contribution in [0.3, 0.4) is 0 Å². The number of carbonyl (C=O) groups is 2. The highest BCUT2D eigenvalue weighted by molar-refractivity contribution is 5.79. The Labute approximate surface area is 84.0 Å². The van der Waals surface area contributed by atoms with Crippen molar-refractivity contribution in [2.75, 3.05) is 7.11 Å². The van der Waals surface area contributed by atoms with Crippen molar-refractivity contribution in [2.45, 2.75) is 44.2 Å². The van der Waals surface area contributed by atoms with E-state index in [0.29, 0.717) is 12.8 Å². The molecule has 0 aromatic carbocycles. The van der Waals surface area contributed by atoms with Crippen molar-refractivity contribution in [2.24, 2.45) is 0 Å². The highest BCUT2D eigenvalue weighted by Gasteiger charge is 2.35. The minimum absolute atomic E-state index is 0.145. The Balaban J connectivity index is 2.56. The van der Waals surface area contributed by atoms with E-state index >= 15 is 0 Å². The number of aldehydes is 1. The molecular formula is C10H17NO3. The standard InChI is InChI=1S/C10H17NO3/c1-8(13)11-10(7-12)5-3-9(14-2)4-6-10/h7,9H,3-6H2,1-2H3,(H,11,13). The second-order valence-electron chi connectivity index (χ2n) is 3.89. The summed E-state index contributed by atoms with van der Waals surface area (Å²) in [6.45, 7) is 1.44. The molecule has 1 rings (SSSR count). The summed E-state index contributed by atoms with van der Waals surface area (Å²) in [6, 6.07) is 0. The van der Waals surface area contributed by atoms with E-state index < -0.39 is 5.54 Å². The van der Waals surface area contributed by atoms with Gasteiger partial charge in [0.15, 0.2) is 0 Å². The summed E-state index contributed by atoms with van der Waals surface area (Å²) >= 11 is 0. The van der Waals surface area contributed by atoms with E-state index in [1.165, 1.54) is 6.92 Å². The summed E-state index contributed by atoms with van der Waals surface area (Å²) in [7, 11) is 1.68. The molecule has 1 fully saturated rings. The first-order valence-electron chi connectivity index (χ1n) is 4.90. The fourth-order valence-corrected chi connectivity index (χ4v) is 1.97. The van der Waals surface area contributed by atoms with E-state index in [0.717, 1.165) is 19.1 Å². The van der Waals surface area contributed by atoms with E-state index in [2.05, 4.69) is 5.32 Å². The van der Waals surface area contributed by atoms with Crippen LogP contribution >= 0.6 is 0 Å². The first-order chi connectivity index (χ1) is 6.62. The molecule has 1 N–H and O–H groups in total. The lowest BCUT2D eigenvalue weighted by molar-refractivity contribution is -0.127. The van der Waals surface area contributed by atoms with Gasteiger partial charge in [0.25, 0.3) is 0 Å². The molecule has 1 amide bonds. The molecule has 0 aliphatic heterocycles. The summed E-state index contributed by atoms with van der Waals surface area (Å²) in [5.74, 6) is -0.145. The Bertz CT molecular complexity index is 219. The highest BCUT2D eigenvalue weighted by atomic mass is 16.5. The lowest BCUT2D eigenvalue weighted by atomic mass is 9.81.